The van der Waals surface area contributed by atoms with Crippen LogP contribution in [0.4, 0.5) is 4.39 Å². The minimum atomic E-state index is -0.225. The fourth-order valence-corrected chi connectivity index (χ4v) is 3.58. The van der Waals surface area contributed by atoms with Crippen molar-refractivity contribution in [3.05, 3.63) is 71.5 Å². The van der Waals surface area contributed by atoms with Crippen molar-refractivity contribution in [2.24, 2.45) is 5.92 Å². The predicted octanol–water partition coefficient (Wildman–Crippen LogP) is 2.80. The molecule has 1 fully saturated rings. The predicted molar refractivity (Wildman–Crippen MR) is 99.2 cm³/mol. The summed E-state index contributed by atoms with van der Waals surface area (Å²) in [7, 11) is 1.54. The Bertz CT molecular complexity index is 706. The van der Waals surface area contributed by atoms with E-state index in [9.17, 15) is 9.18 Å². The Hall–Kier alpha value is -2.24. The van der Waals surface area contributed by atoms with Crippen molar-refractivity contribution in [1.82, 2.24) is 10.2 Å². The van der Waals surface area contributed by atoms with Crippen LogP contribution in [0, 0.1) is 11.7 Å². The van der Waals surface area contributed by atoms with Gasteiger partial charge in [0.1, 0.15) is 12.4 Å². The average Bonchev–Trinajstić information content (AvgIpc) is 3.11. The van der Waals surface area contributed by atoms with E-state index >= 15 is 0 Å². The fraction of sp³-hybridized carbons (Fsp3) is 0.381. The third kappa shape index (κ3) is 4.68. The van der Waals surface area contributed by atoms with Crippen molar-refractivity contribution >= 4 is 5.91 Å². The molecule has 1 aliphatic heterocycles. The van der Waals surface area contributed by atoms with Crippen LogP contribution in [0.25, 0.3) is 0 Å². The Morgan fingerprint density at radius 3 is 2.58 bits per heavy atom. The summed E-state index contributed by atoms with van der Waals surface area (Å²) in [6.45, 7) is 2.97. The third-order valence-electron chi connectivity index (χ3n) is 4.93. The summed E-state index contributed by atoms with van der Waals surface area (Å²) in [5, 5.41) is 3.41. The fourth-order valence-electron chi connectivity index (χ4n) is 3.58. The Morgan fingerprint density at radius 2 is 1.88 bits per heavy atom. The SMILES string of the molecule is COCC(=O)N(Cc1ccccc1)CC1CNCC1c1ccc(F)cc1. The number of amides is 1. The summed E-state index contributed by atoms with van der Waals surface area (Å²) < 4.78 is 18.3. The molecule has 1 saturated heterocycles. The van der Waals surface area contributed by atoms with Gasteiger partial charge in [0.25, 0.3) is 0 Å². The molecule has 1 amide bonds. The zero-order valence-electron chi connectivity index (χ0n) is 15.0. The number of hydrogen-bond acceptors (Lipinski definition) is 3. The number of carbonyl (C=O) groups excluding carboxylic acids is 1. The molecule has 1 N–H and O–H groups in total. The summed E-state index contributed by atoms with van der Waals surface area (Å²) in [4.78, 5) is 14.4. The lowest BCUT2D eigenvalue weighted by atomic mass is 9.88. The summed E-state index contributed by atoms with van der Waals surface area (Å²) in [6.07, 6.45) is 0. The van der Waals surface area contributed by atoms with Crippen LogP contribution in [0.5, 0.6) is 0 Å². The Labute approximate surface area is 154 Å². The van der Waals surface area contributed by atoms with Crippen molar-refractivity contribution < 1.29 is 13.9 Å². The van der Waals surface area contributed by atoms with Crippen molar-refractivity contribution in [2.45, 2.75) is 12.5 Å². The van der Waals surface area contributed by atoms with E-state index in [1.807, 2.05) is 47.4 Å². The van der Waals surface area contributed by atoms with Gasteiger partial charge in [-0.2, -0.15) is 0 Å². The van der Waals surface area contributed by atoms with Gasteiger partial charge in [-0.25, -0.2) is 4.39 Å². The van der Waals surface area contributed by atoms with Crippen LogP contribution in [-0.2, 0) is 16.1 Å². The van der Waals surface area contributed by atoms with Crippen LogP contribution in [-0.4, -0.2) is 44.2 Å². The molecule has 2 aromatic rings. The average molecular weight is 356 g/mol. The molecular formula is C21H25FN2O2. The van der Waals surface area contributed by atoms with Crippen LogP contribution in [0.15, 0.2) is 54.6 Å². The van der Waals surface area contributed by atoms with E-state index in [1.54, 1.807) is 0 Å². The molecule has 26 heavy (non-hydrogen) atoms. The van der Waals surface area contributed by atoms with E-state index in [0.29, 0.717) is 13.1 Å². The van der Waals surface area contributed by atoms with Crippen LogP contribution in [0.1, 0.15) is 17.0 Å². The molecule has 0 aliphatic carbocycles. The molecule has 2 atom stereocenters. The summed E-state index contributed by atoms with van der Waals surface area (Å²) in [6, 6.07) is 16.7. The molecule has 0 spiro atoms. The zero-order valence-corrected chi connectivity index (χ0v) is 15.0. The second-order valence-electron chi connectivity index (χ2n) is 6.77. The highest BCUT2D eigenvalue weighted by Gasteiger charge is 2.31. The van der Waals surface area contributed by atoms with E-state index in [4.69, 9.17) is 4.74 Å². The molecule has 138 valence electrons. The molecule has 3 rings (SSSR count). The summed E-state index contributed by atoms with van der Waals surface area (Å²) in [5.74, 6) is 0.313. The molecule has 1 aliphatic rings. The second-order valence-corrected chi connectivity index (χ2v) is 6.77. The van der Waals surface area contributed by atoms with Crippen LogP contribution in [0.2, 0.25) is 0 Å². The highest BCUT2D eigenvalue weighted by atomic mass is 19.1. The van der Waals surface area contributed by atoms with Crippen molar-refractivity contribution in [3.8, 4) is 0 Å². The maximum Gasteiger partial charge on any atom is 0.248 e. The first-order valence-electron chi connectivity index (χ1n) is 8.94. The highest BCUT2D eigenvalue weighted by Crippen LogP contribution is 2.29. The van der Waals surface area contributed by atoms with Gasteiger partial charge in [0, 0.05) is 39.2 Å². The van der Waals surface area contributed by atoms with Gasteiger partial charge < -0.3 is 15.0 Å². The largest absolute Gasteiger partial charge is 0.375 e. The van der Waals surface area contributed by atoms with E-state index in [-0.39, 0.29) is 30.2 Å². The van der Waals surface area contributed by atoms with Crippen LogP contribution >= 0.6 is 0 Å². The number of methoxy groups -OCH3 is 1. The molecule has 0 aromatic heterocycles. The molecule has 1 heterocycles. The number of nitrogens with zero attached hydrogens (tertiary/aromatic N) is 1. The number of ether oxygens (including phenoxy) is 1. The topological polar surface area (TPSA) is 41.6 Å². The van der Waals surface area contributed by atoms with Crippen molar-refractivity contribution in [3.63, 3.8) is 0 Å². The maximum atomic E-state index is 13.2. The third-order valence-corrected chi connectivity index (χ3v) is 4.93. The van der Waals surface area contributed by atoms with Crippen molar-refractivity contribution in [2.75, 3.05) is 33.4 Å². The summed E-state index contributed by atoms with van der Waals surface area (Å²) >= 11 is 0. The van der Waals surface area contributed by atoms with Gasteiger partial charge in [0.05, 0.1) is 0 Å². The van der Waals surface area contributed by atoms with E-state index in [1.165, 1.54) is 19.2 Å². The molecule has 2 unspecified atom stereocenters. The first kappa shape index (κ1) is 18.5. The number of carbonyl (C=O) groups is 1. The molecule has 0 radical (unpaired) electrons. The monoisotopic (exact) mass is 356 g/mol. The van der Waals surface area contributed by atoms with Crippen LogP contribution in [0.3, 0.4) is 0 Å². The Balaban J connectivity index is 1.74. The lowest BCUT2D eigenvalue weighted by Crippen LogP contribution is -2.38. The first-order chi connectivity index (χ1) is 12.7. The number of halogens is 1. The molecule has 2 aromatic carbocycles. The zero-order chi connectivity index (χ0) is 18.4. The number of benzene rings is 2. The van der Waals surface area contributed by atoms with E-state index in [0.717, 1.165) is 24.2 Å². The van der Waals surface area contributed by atoms with Gasteiger partial charge >= 0.3 is 0 Å². The van der Waals surface area contributed by atoms with Gasteiger partial charge in [0.2, 0.25) is 5.91 Å². The quantitative estimate of drug-likeness (QED) is 0.829. The van der Waals surface area contributed by atoms with E-state index in [2.05, 4.69) is 5.32 Å². The molecule has 0 saturated carbocycles. The maximum absolute atomic E-state index is 13.2. The molecule has 0 bridgehead atoms. The Morgan fingerprint density at radius 1 is 1.15 bits per heavy atom. The van der Waals surface area contributed by atoms with Gasteiger partial charge in [-0.3, -0.25) is 4.79 Å². The highest BCUT2D eigenvalue weighted by molar-refractivity contribution is 5.77. The number of hydrogen-bond donors (Lipinski definition) is 1. The molecule has 4 nitrogen and oxygen atoms in total. The molecule has 5 heteroatoms. The number of nitrogens with one attached hydrogen (secondary N) is 1. The lowest BCUT2D eigenvalue weighted by molar-refractivity contribution is -0.136. The minimum absolute atomic E-state index is 0.0129. The molecular weight excluding hydrogens is 331 g/mol. The van der Waals surface area contributed by atoms with Gasteiger partial charge in [-0.1, -0.05) is 42.5 Å². The Kier molecular flexibility index (Phi) is 6.36. The second kappa shape index (κ2) is 8.92. The van der Waals surface area contributed by atoms with Gasteiger partial charge in [-0.15, -0.1) is 0 Å². The van der Waals surface area contributed by atoms with Crippen molar-refractivity contribution in [1.29, 1.82) is 0 Å². The lowest BCUT2D eigenvalue weighted by Gasteiger charge is -2.28. The smallest absolute Gasteiger partial charge is 0.248 e. The van der Waals surface area contributed by atoms with E-state index < -0.39 is 0 Å². The van der Waals surface area contributed by atoms with Gasteiger partial charge in [0.15, 0.2) is 0 Å². The minimum Gasteiger partial charge on any atom is -0.375 e. The first-order valence-corrected chi connectivity index (χ1v) is 8.94. The normalized spacial score (nSPS) is 19.5. The van der Waals surface area contributed by atoms with Crippen LogP contribution < -0.4 is 5.32 Å². The van der Waals surface area contributed by atoms with Gasteiger partial charge in [-0.05, 0) is 29.2 Å². The summed E-state index contributed by atoms with van der Waals surface area (Å²) in [5.41, 5.74) is 2.21. The standard InChI is InChI=1S/C21H25FN2O2/c1-26-15-21(25)24(13-16-5-3-2-4-6-16)14-18-11-23-12-20(18)17-7-9-19(22)10-8-17/h2-10,18,20,23H,11-15H2,1H3. The number of rotatable bonds is 7.